The van der Waals surface area contributed by atoms with Gasteiger partial charge >= 0.3 is 0 Å². The highest BCUT2D eigenvalue weighted by molar-refractivity contribution is 7.94. The molecule has 0 aliphatic carbocycles. The van der Waals surface area contributed by atoms with Crippen LogP contribution in [0.15, 0.2) is 34.7 Å². The van der Waals surface area contributed by atoms with Crippen molar-refractivity contribution in [1.29, 1.82) is 0 Å². The van der Waals surface area contributed by atoms with Crippen molar-refractivity contribution in [1.82, 2.24) is 5.32 Å². The topological polar surface area (TPSA) is 58.5 Å². The summed E-state index contributed by atoms with van der Waals surface area (Å²) in [6, 6.07) is 9.42. The molecule has 0 bridgehead atoms. The third-order valence-electron chi connectivity index (χ3n) is 2.66. The molecular weight excluding hydrogens is 236 g/mol. The van der Waals surface area contributed by atoms with Crippen molar-refractivity contribution in [3.63, 3.8) is 0 Å². The molecular formula is C12H16N2O2S. The van der Waals surface area contributed by atoms with Crippen LogP contribution in [0.5, 0.6) is 0 Å². The predicted octanol–water partition coefficient (Wildman–Crippen LogP) is 0.827. The highest BCUT2D eigenvalue weighted by Crippen LogP contribution is 2.05. The Bertz CT molecular complexity index is 492. The number of nitrogens with zero attached hydrogens (tertiary/aromatic N) is 1. The van der Waals surface area contributed by atoms with E-state index in [1.54, 1.807) is 0 Å². The molecule has 1 aromatic rings. The minimum atomic E-state index is -2.30. The van der Waals surface area contributed by atoms with Crippen molar-refractivity contribution in [2.24, 2.45) is 4.36 Å². The number of benzene rings is 1. The van der Waals surface area contributed by atoms with E-state index in [1.165, 1.54) is 0 Å². The molecule has 0 radical (unpaired) electrons. The SMILES string of the molecule is O=C(Cc1ccccc1)N=S1(=O)CCNCC1. The van der Waals surface area contributed by atoms with Gasteiger partial charge in [0, 0.05) is 24.6 Å². The number of rotatable bonds is 2. The standard InChI is InChI=1S/C12H16N2O2S/c15-12(10-11-4-2-1-3-5-11)14-17(16)8-6-13-7-9-17/h1-5,13H,6-10H2. The Hall–Kier alpha value is -1.20. The fourth-order valence-electron chi connectivity index (χ4n) is 1.77. The second-order valence-corrected chi connectivity index (χ2v) is 6.62. The summed E-state index contributed by atoms with van der Waals surface area (Å²) in [5, 5.41) is 3.11. The molecule has 0 saturated carbocycles. The summed E-state index contributed by atoms with van der Waals surface area (Å²) in [7, 11) is -2.30. The maximum Gasteiger partial charge on any atom is 0.258 e. The average molecular weight is 252 g/mol. The molecule has 1 amide bonds. The lowest BCUT2D eigenvalue weighted by atomic mass is 10.1. The first-order valence-corrected chi connectivity index (χ1v) is 7.53. The first-order valence-electron chi connectivity index (χ1n) is 5.68. The zero-order valence-corrected chi connectivity index (χ0v) is 10.4. The van der Waals surface area contributed by atoms with Crippen LogP contribution in [0.4, 0.5) is 0 Å². The Morgan fingerprint density at radius 1 is 1.24 bits per heavy atom. The van der Waals surface area contributed by atoms with Gasteiger partial charge in [0.2, 0.25) is 0 Å². The van der Waals surface area contributed by atoms with Gasteiger partial charge < -0.3 is 5.32 Å². The van der Waals surface area contributed by atoms with Gasteiger partial charge in [0.05, 0.1) is 16.1 Å². The lowest BCUT2D eigenvalue weighted by Crippen LogP contribution is -2.36. The highest BCUT2D eigenvalue weighted by atomic mass is 32.2. The molecule has 1 heterocycles. The molecule has 0 unspecified atom stereocenters. The van der Waals surface area contributed by atoms with E-state index in [0.717, 1.165) is 5.56 Å². The van der Waals surface area contributed by atoms with Crippen molar-refractivity contribution in [2.75, 3.05) is 24.6 Å². The molecule has 1 aliphatic heterocycles. The summed E-state index contributed by atoms with van der Waals surface area (Å²) >= 11 is 0. The summed E-state index contributed by atoms with van der Waals surface area (Å²) in [5.41, 5.74) is 0.915. The highest BCUT2D eigenvalue weighted by Gasteiger charge is 2.15. The van der Waals surface area contributed by atoms with E-state index in [-0.39, 0.29) is 12.3 Å². The van der Waals surface area contributed by atoms with Gasteiger partial charge in [-0.05, 0) is 5.56 Å². The summed E-state index contributed by atoms with van der Waals surface area (Å²) in [4.78, 5) is 11.7. The van der Waals surface area contributed by atoms with Crippen molar-refractivity contribution < 1.29 is 9.00 Å². The monoisotopic (exact) mass is 252 g/mol. The van der Waals surface area contributed by atoms with Gasteiger partial charge in [0.1, 0.15) is 0 Å². The van der Waals surface area contributed by atoms with Crippen LogP contribution in [0.3, 0.4) is 0 Å². The fourth-order valence-corrected chi connectivity index (χ4v) is 3.52. The molecule has 0 atom stereocenters. The van der Waals surface area contributed by atoms with Gasteiger partial charge in [-0.3, -0.25) is 4.79 Å². The van der Waals surface area contributed by atoms with Crippen LogP contribution in [0.1, 0.15) is 5.56 Å². The van der Waals surface area contributed by atoms with Crippen molar-refractivity contribution in [3.05, 3.63) is 35.9 Å². The fraction of sp³-hybridized carbons (Fsp3) is 0.417. The van der Waals surface area contributed by atoms with Gasteiger partial charge in [-0.1, -0.05) is 30.3 Å². The minimum absolute atomic E-state index is 0.241. The summed E-state index contributed by atoms with van der Waals surface area (Å²) in [6.07, 6.45) is 0.241. The molecule has 1 N–H and O–H groups in total. The molecule has 5 heteroatoms. The number of hydrogen-bond donors (Lipinski definition) is 1. The maximum absolute atomic E-state index is 12.2. The van der Waals surface area contributed by atoms with E-state index in [0.29, 0.717) is 24.6 Å². The minimum Gasteiger partial charge on any atom is -0.315 e. The smallest absolute Gasteiger partial charge is 0.258 e. The number of carbonyl (C=O) groups is 1. The second-order valence-electron chi connectivity index (χ2n) is 4.08. The molecule has 1 aromatic carbocycles. The summed E-state index contributed by atoms with van der Waals surface area (Å²) < 4.78 is 16.1. The van der Waals surface area contributed by atoms with E-state index in [2.05, 4.69) is 9.68 Å². The predicted molar refractivity (Wildman–Crippen MR) is 68.3 cm³/mol. The number of carbonyl (C=O) groups excluding carboxylic acids is 1. The van der Waals surface area contributed by atoms with Crippen LogP contribution in [0, 0.1) is 0 Å². The first kappa shape index (κ1) is 12.3. The Kier molecular flexibility index (Phi) is 3.91. The van der Waals surface area contributed by atoms with Gasteiger partial charge in [-0.2, -0.15) is 4.36 Å². The van der Waals surface area contributed by atoms with Crippen LogP contribution in [0.25, 0.3) is 0 Å². The molecule has 92 valence electrons. The van der Waals surface area contributed by atoms with E-state index in [1.807, 2.05) is 30.3 Å². The van der Waals surface area contributed by atoms with Crippen molar-refractivity contribution in [2.45, 2.75) is 6.42 Å². The Morgan fingerprint density at radius 2 is 1.88 bits per heavy atom. The Morgan fingerprint density at radius 3 is 2.53 bits per heavy atom. The average Bonchev–Trinajstić information content (AvgIpc) is 2.30. The third-order valence-corrected chi connectivity index (χ3v) is 4.88. The summed E-state index contributed by atoms with van der Waals surface area (Å²) in [6.45, 7) is 1.36. The molecule has 1 fully saturated rings. The van der Waals surface area contributed by atoms with E-state index >= 15 is 0 Å². The quantitative estimate of drug-likeness (QED) is 0.848. The number of amides is 1. The lowest BCUT2D eigenvalue weighted by molar-refractivity contribution is -0.117. The van der Waals surface area contributed by atoms with Crippen LogP contribution >= 0.6 is 0 Å². The van der Waals surface area contributed by atoms with Crippen LogP contribution in [-0.2, 0) is 20.9 Å². The number of nitrogens with one attached hydrogen (secondary N) is 1. The van der Waals surface area contributed by atoms with Crippen molar-refractivity contribution >= 4 is 15.6 Å². The Labute approximate surface area is 102 Å². The second kappa shape index (κ2) is 5.42. The first-order chi connectivity index (χ1) is 8.18. The molecule has 1 saturated heterocycles. The molecule has 17 heavy (non-hydrogen) atoms. The van der Waals surface area contributed by atoms with E-state index in [9.17, 15) is 9.00 Å². The lowest BCUT2D eigenvalue weighted by Gasteiger charge is -2.16. The van der Waals surface area contributed by atoms with Gasteiger partial charge in [0.15, 0.2) is 0 Å². The zero-order chi connectivity index (χ0) is 12.1. The van der Waals surface area contributed by atoms with E-state index < -0.39 is 9.73 Å². The molecule has 1 aliphatic rings. The van der Waals surface area contributed by atoms with E-state index in [4.69, 9.17) is 0 Å². The maximum atomic E-state index is 12.2. The zero-order valence-electron chi connectivity index (χ0n) is 9.59. The van der Waals surface area contributed by atoms with Gasteiger partial charge in [-0.15, -0.1) is 0 Å². The third kappa shape index (κ3) is 3.64. The summed E-state index contributed by atoms with van der Waals surface area (Å²) in [5.74, 6) is 0.684. The van der Waals surface area contributed by atoms with Crippen molar-refractivity contribution in [3.8, 4) is 0 Å². The molecule has 0 spiro atoms. The number of hydrogen-bond acceptors (Lipinski definition) is 3. The van der Waals surface area contributed by atoms with Crippen LogP contribution in [0.2, 0.25) is 0 Å². The normalized spacial score (nSPS) is 18.6. The molecule has 4 nitrogen and oxygen atoms in total. The largest absolute Gasteiger partial charge is 0.315 e. The van der Waals surface area contributed by atoms with Crippen LogP contribution < -0.4 is 5.32 Å². The van der Waals surface area contributed by atoms with Crippen LogP contribution in [-0.4, -0.2) is 34.7 Å². The van der Waals surface area contributed by atoms with Gasteiger partial charge in [0.25, 0.3) is 5.91 Å². The molecule has 2 rings (SSSR count). The molecule has 0 aromatic heterocycles. The van der Waals surface area contributed by atoms with Gasteiger partial charge in [-0.25, -0.2) is 4.21 Å². The Balaban J connectivity index is 2.06.